The monoisotopic (exact) mass is 296 g/mol. The molecule has 1 aromatic heterocycles. The van der Waals surface area contributed by atoms with Gasteiger partial charge in [0.15, 0.2) is 0 Å². The first kappa shape index (κ1) is 14.2. The molecule has 0 fully saturated rings. The smallest absolute Gasteiger partial charge is 0.249 e. The molecule has 0 spiro atoms. The topological polar surface area (TPSA) is 83.0 Å². The summed E-state index contributed by atoms with van der Waals surface area (Å²) < 4.78 is 6.79. The van der Waals surface area contributed by atoms with E-state index in [2.05, 4.69) is 10.3 Å². The number of carbonyl (C=O) groups excluding carboxylic acids is 1. The summed E-state index contributed by atoms with van der Waals surface area (Å²) in [5, 5.41) is 9.97. The second kappa shape index (κ2) is 5.95. The largest absolute Gasteiger partial charge is 0.378 e. The number of nitrogens with two attached hydrogens (primary N) is 1. The molecular formula is C16H16N4O2. The van der Waals surface area contributed by atoms with Crippen molar-refractivity contribution in [3.05, 3.63) is 59.4 Å². The van der Waals surface area contributed by atoms with E-state index in [0.717, 1.165) is 22.0 Å². The minimum absolute atomic E-state index is 0.425. The third-order valence-corrected chi connectivity index (χ3v) is 3.49. The fraction of sp³-hybridized carbons (Fsp3) is 0.188. The van der Waals surface area contributed by atoms with Gasteiger partial charge >= 0.3 is 0 Å². The third-order valence-electron chi connectivity index (χ3n) is 3.49. The Hall–Kier alpha value is -2.73. The summed E-state index contributed by atoms with van der Waals surface area (Å²) >= 11 is 0. The molecule has 0 atom stereocenters. The summed E-state index contributed by atoms with van der Waals surface area (Å²) in [6.07, 6.45) is 1.85. The highest BCUT2D eigenvalue weighted by molar-refractivity contribution is 6.07. The minimum Gasteiger partial charge on any atom is -0.378 e. The molecule has 0 saturated carbocycles. The molecule has 0 aliphatic heterocycles. The summed E-state index contributed by atoms with van der Waals surface area (Å²) in [5.74, 6) is -0.425. The van der Waals surface area contributed by atoms with Crippen LogP contribution in [0.4, 0.5) is 0 Å². The normalized spacial score (nSPS) is 11.0. The van der Waals surface area contributed by atoms with Crippen LogP contribution in [0.1, 0.15) is 21.6 Å². The number of fused-ring (bicyclic) bond motifs is 1. The molecule has 22 heavy (non-hydrogen) atoms. The molecular weight excluding hydrogens is 280 g/mol. The lowest BCUT2D eigenvalue weighted by Gasteiger charge is -2.09. The molecule has 1 heterocycles. The highest BCUT2D eigenvalue weighted by Crippen LogP contribution is 2.23. The molecule has 2 aromatic carbocycles. The maximum atomic E-state index is 11.5. The van der Waals surface area contributed by atoms with E-state index in [4.69, 9.17) is 10.5 Å². The van der Waals surface area contributed by atoms with Gasteiger partial charge in [0.25, 0.3) is 0 Å². The average Bonchev–Trinajstić information content (AvgIpc) is 2.95. The van der Waals surface area contributed by atoms with Crippen LogP contribution in [0, 0.1) is 0 Å². The van der Waals surface area contributed by atoms with Gasteiger partial charge < -0.3 is 10.5 Å². The summed E-state index contributed by atoms with van der Waals surface area (Å²) in [4.78, 5) is 11.5. The van der Waals surface area contributed by atoms with Gasteiger partial charge in [0.1, 0.15) is 5.69 Å². The van der Waals surface area contributed by atoms with Gasteiger partial charge in [0.05, 0.1) is 19.3 Å². The number of nitrogens with zero attached hydrogens (tertiary/aromatic N) is 3. The molecule has 0 saturated heterocycles. The van der Waals surface area contributed by atoms with Gasteiger partial charge in [-0.25, -0.2) is 4.68 Å². The lowest BCUT2D eigenvalue weighted by Crippen LogP contribution is -2.12. The quantitative estimate of drug-likeness (QED) is 0.777. The van der Waals surface area contributed by atoms with Gasteiger partial charge in [-0.3, -0.25) is 4.79 Å². The summed E-state index contributed by atoms with van der Waals surface area (Å²) in [6.45, 7) is 0.998. The first-order chi connectivity index (χ1) is 10.7. The van der Waals surface area contributed by atoms with Gasteiger partial charge in [0.2, 0.25) is 5.91 Å². The van der Waals surface area contributed by atoms with Crippen LogP contribution in [0.25, 0.3) is 10.8 Å². The van der Waals surface area contributed by atoms with Crippen LogP contribution in [0.3, 0.4) is 0 Å². The number of benzene rings is 2. The Morgan fingerprint density at radius 1 is 1.23 bits per heavy atom. The Balaban J connectivity index is 2.00. The number of amides is 1. The van der Waals surface area contributed by atoms with Gasteiger partial charge in [-0.1, -0.05) is 35.5 Å². The fourth-order valence-corrected chi connectivity index (χ4v) is 2.52. The van der Waals surface area contributed by atoms with Crippen molar-refractivity contribution >= 4 is 16.7 Å². The Kier molecular flexibility index (Phi) is 3.84. The predicted molar refractivity (Wildman–Crippen MR) is 82.3 cm³/mol. The van der Waals surface area contributed by atoms with Crippen molar-refractivity contribution in [1.29, 1.82) is 0 Å². The van der Waals surface area contributed by atoms with Gasteiger partial charge in [0, 0.05) is 12.7 Å². The van der Waals surface area contributed by atoms with Crippen LogP contribution < -0.4 is 5.73 Å². The van der Waals surface area contributed by atoms with Gasteiger partial charge in [-0.15, -0.1) is 5.10 Å². The highest BCUT2D eigenvalue weighted by Gasteiger charge is 2.10. The van der Waals surface area contributed by atoms with E-state index < -0.39 is 5.91 Å². The van der Waals surface area contributed by atoms with Crippen molar-refractivity contribution in [2.75, 3.05) is 7.11 Å². The Morgan fingerprint density at radius 3 is 2.73 bits per heavy atom. The van der Waals surface area contributed by atoms with E-state index in [1.807, 2.05) is 36.5 Å². The lowest BCUT2D eigenvalue weighted by molar-refractivity contribution is 0.100. The first-order valence-electron chi connectivity index (χ1n) is 6.87. The fourth-order valence-electron chi connectivity index (χ4n) is 2.52. The molecule has 1 amide bonds. The number of primary amides is 1. The molecule has 0 unspecified atom stereocenters. The zero-order valence-corrected chi connectivity index (χ0v) is 12.2. The zero-order valence-electron chi connectivity index (χ0n) is 12.2. The Labute approximate surface area is 127 Å². The number of hydrogen-bond donors (Lipinski definition) is 1. The molecule has 6 heteroatoms. The van der Waals surface area contributed by atoms with E-state index in [1.54, 1.807) is 17.9 Å². The molecule has 0 aliphatic carbocycles. The first-order valence-corrected chi connectivity index (χ1v) is 6.87. The Morgan fingerprint density at radius 2 is 2.00 bits per heavy atom. The average molecular weight is 296 g/mol. The van der Waals surface area contributed by atoms with Crippen molar-refractivity contribution in [2.45, 2.75) is 13.2 Å². The maximum Gasteiger partial charge on any atom is 0.249 e. The molecule has 0 aliphatic rings. The number of carbonyl (C=O) groups is 1. The molecule has 0 bridgehead atoms. The number of methoxy groups -OCH3 is 1. The van der Waals surface area contributed by atoms with Gasteiger partial charge in [-0.2, -0.15) is 0 Å². The summed E-state index contributed by atoms with van der Waals surface area (Å²) in [5.41, 5.74) is 7.79. The molecule has 3 aromatic rings. The second-order valence-corrected chi connectivity index (χ2v) is 5.02. The van der Waals surface area contributed by atoms with Crippen molar-refractivity contribution < 1.29 is 9.53 Å². The lowest BCUT2D eigenvalue weighted by atomic mass is 9.99. The van der Waals surface area contributed by atoms with Crippen LogP contribution in [-0.2, 0) is 17.9 Å². The van der Waals surface area contributed by atoms with Crippen LogP contribution in [-0.4, -0.2) is 28.0 Å². The molecule has 2 N–H and O–H groups in total. The van der Waals surface area contributed by atoms with Crippen molar-refractivity contribution in [2.24, 2.45) is 5.73 Å². The van der Waals surface area contributed by atoms with E-state index in [-0.39, 0.29) is 0 Å². The van der Waals surface area contributed by atoms with Crippen LogP contribution in [0.2, 0.25) is 0 Å². The number of rotatable bonds is 5. The third kappa shape index (κ3) is 2.68. The minimum atomic E-state index is -0.425. The van der Waals surface area contributed by atoms with Crippen molar-refractivity contribution in [1.82, 2.24) is 15.0 Å². The van der Waals surface area contributed by atoms with E-state index in [1.165, 1.54) is 0 Å². The molecule has 6 nitrogen and oxygen atoms in total. The second-order valence-electron chi connectivity index (χ2n) is 5.02. The van der Waals surface area contributed by atoms with Crippen molar-refractivity contribution in [3.8, 4) is 0 Å². The Bertz CT molecular complexity index is 826. The molecule has 0 radical (unpaired) electrons. The van der Waals surface area contributed by atoms with Gasteiger partial charge in [-0.05, 0) is 22.4 Å². The van der Waals surface area contributed by atoms with E-state index in [0.29, 0.717) is 18.7 Å². The SMILES string of the molecule is COCc1cn(Cc2ccc(C(N)=O)c3ccccc23)nn1. The van der Waals surface area contributed by atoms with Crippen LogP contribution in [0.5, 0.6) is 0 Å². The van der Waals surface area contributed by atoms with E-state index in [9.17, 15) is 4.79 Å². The molecule has 3 rings (SSSR count). The zero-order chi connectivity index (χ0) is 15.5. The van der Waals surface area contributed by atoms with E-state index >= 15 is 0 Å². The highest BCUT2D eigenvalue weighted by atomic mass is 16.5. The summed E-state index contributed by atoms with van der Waals surface area (Å²) in [7, 11) is 1.62. The van der Waals surface area contributed by atoms with Crippen LogP contribution >= 0.6 is 0 Å². The number of aromatic nitrogens is 3. The maximum absolute atomic E-state index is 11.5. The molecule has 112 valence electrons. The number of hydrogen-bond acceptors (Lipinski definition) is 4. The van der Waals surface area contributed by atoms with Crippen molar-refractivity contribution in [3.63, 3.8) is 0 Å². The number of ether oxygens (including phenoxy) is 1. The predicted octanol–water partition coefficient (Wildman–Crippen LogP) is 1.72. The van der Waals surface area contributed by atoms with Crippen LogP contribution in [0.15, 0.2) is 42.6 Å². The standard InChI is InChI=1S/C16H16N4O2/c1-22-10-12-9-20(19-18-12)8-11-6-7-15(16(17)21)14-5-3-2-4-13(11)14/h2-7,9H,8,10H2,1H3,(H2,17,21). The summed E-state index contributed by atoms with van der Waals surface area (Å²) in [6, 6.07) is 11.4.